The van der Waals surface area contributed by atoms with Crippen LogP contribution in [0.4, 0.5) is 18.9 Å². The van der Waals surface area contributed by atoms with E-state index < -0.39 is 17.5 Å². The fourth-order valence-corrected chi connectivity index (χ4v) is 1.40. The smallest absolute Gasteiger partial charge is 0.161 e. The summed E-state index contributed by atoms with van der Waals surface area (Å²) < 4.78 is 39.0. The number of benzene rings is 2. The van der Waals surface area contributed by atoms with Crippen molar-refractivity contribution < 1.29 is 13.2 Å². The zero-order valence-electron chi connectivity index (χ0n) is 9.20. The molecule has 0 bridgehead atoms. The van der Waals surface area contributed by atoms with Crippen molar-refractivity contribution in [2.75, 3.05) is 0 Å². The van der Waals surface area contributed by atoms with Gasteiger partial charge in [-0.15, -0.1) is 0 Å². The van der Waals surface area contributed by atoms with Crippen LogP contribution in [-0.4, -0.2) is 5.84 Å². The average Bonchev–Trinajstić information content (AvgIpc) is 2.37. The van der Waals surface area contributed by atoms with Crippen molar-refractivity contribution in [3.05, 3.63) is 65.5 Å². The van der Waals surface area contributed by atoms with Crippen molar-refractivity contribution in [2.45, 2.75) is 0 Å². The summed E-state index contributed by atoms with van der Waals surface area (Å²) in [5.41, 5.74) is 5.88. The van der Waals surface area contributed by atoms with Gasteiger partial charge in [-0.1, -0.05) is 30.3 Å². The van der Waals surface area contributed by atoms with Gasteiger partial charge in [-0.05, 0) is 0 Å². The van der Waals surface area contributed by atoms with Crippen LogP contribution in [0.1, 0.15) is 5.56 Å². The Morgan fingerprint density at radius 1 is 0.889 bits per heavy atom. The lowest BCUT2D eigenvalue weighted by molar-refractivity contribution is 0.496. The molecule has 2 aromatic carbocycles. The highest BCUT2D eigenvalue weighted by molar-refractivity contribution is 5.98. The lowest BCUT2D eigenvalue weighted by Gasteiger charge is -2.02. The Balaban J connectivity index is 2.42. The lowest BCUT2D eigenvalue weighted by atomic mass is 10.2. The number of amidine groups is 1. The largest absolute Gasteiger partial charge is 0.383 e. The van der Waals surface area contributed by atoms with Crippen molar-refractivity contribution in [3.63, 3.8) is 0 Å². The van der Waals surface area contributed by atoms with Crippen LogP contribution >= 0.6 is 0 Å². The van der Waals surface area contributed by atoms with Gasteiger partial charge in [0.1, 0.15) is 11.5 Å². The molecular weight excluding hydrogens is 241 g/mol. The molecule has 0 fully saturated rings. The Hall–Kier alpha value is -2.30. The summed E-state index contributed by atoms with van der Waals surface area (Å²) in [6.07, 6.45) is 0. The summed E-state index contributed by atoms with van der Waals surface area (Å²) in [6.45, 7) is 0. The molecule has 0 aliphatic heterocycles. The molecule has 0 saturated carbocycles. The van der Waals surface area contributed by atoms with Gasteiger partial charge in [-0.25, -0.2) is 18.2 Å². The Morgan fingerprint density at radius 3 is 2.17 bits per heavy atom. The summed E-state index contributed by atoms with van der Waals surface area (Å²) in [6, 6.07) is 9.72. The van der Waals surface area contributed by atoms with E-state index in [9.17, 15) is 13.2 Å². The number of hydrogen-bond donors (Lipinski definition) is 1. The topological polar surface area (TPSA) is 38.4 Å². The minimum atomic E-state index is -1.26. The van der Waals surface area contributed by atoms with E-state index in [4.69, 9.17) is 5.73 Å². The summed E-state index contributed by atoms with van der Waals surface area (Å²) >= 11 is 0. The van der Waals surface area contributed by atoms with Gasteiger partial charge in [0.05, 0.1) is 0 Å². The highest BCUT2D eigenvalue weighted by atomic mass is 19.2. The van der Waals surface area contributed by atoms with Crippen molar-refractivity contribution >= 4 is 11.5 Å². The first kappa shape index (κ1) is 12.2. The molecule has 0 unspecified atom stereocenters. The van der Waals surface area contributed by atoms with Gasteiger partial charge in [0.15, 0.2) is 17.5 Å². The molecule has 0 radical (unpaired) electrons. The van der Waals surface area contributed by atoms with Gasteiger partial charge >= 0.3 is 0 Å². The highest BCUT2D eigenvalue weighted by Gasteiger charge is 2.09. The molecule has 0 amide bonds. The maximum atomic E-state index is 13.3. The number of halogens is 3. The second kappa shape index (κ2) is 4.91. The summed E-state index contributed by atoms with van der Waals surface area (Å²) in [7, 11) is 0. The summed E-state index contributed by atoms with van der Waals surface area (Å²) in [5.74, 6) is -3.37. The van der Waals surface area contributed by atoms with Crippen molar-refractivity contribution in [1.29, 1.82) is 0 Å². The molecule has 0 aliphatic carbocycles. The first-order chi connectivity index (χ1) is 8.58. The molecule has 18 heavy (non-hydrogen) atoms. The van der Waals surface area contributed by atoms with E-state index in [1.54, 1.807) is 30.3 Å². The third-order valence-corrected chi connectivity index (χ3v) is 2.30. The number of nitrogens with zero attached hydrogens (tertiary/aromatic N) is 1. The number of nitrogens with two attached hydrogens (primary N) is 1. The average molecular weight is 250 g/mol. The van der Waals surface area contributed by atoms with Crippen molar-refractivity contribution in [1.82, 2.24) is 0 Å². The summed E-state index contributed by atoms with van der Waals surface area (Å²) in [5, 5.41) is 0. The van der Waals surface area contributed by atoms with E-state index >= 15 is 0 Å². The normalized spacial score (nSPS) is 11.6. The van der Waals surface area contributed by atoms with Crippen LogP contribution in [0.5, 0.6) is 0 Å². The van der Waals surface area contributed by atoms with E-state index in [0.717, 1.165) is 0 Å². The Labute approximate surface area is 102 Å². The van der Waals surface area contributed by atoms with Crippen LogP contribution in [0.15, 0.2) is 47.5 Å². The van der Waals surface area contributed by atoms with E-state index in [0.29, 0.717) is 17.7 Å². The predicted molar refractivity (Wildman–Crippen MR) is 63.1 cm³/mol. The standard InChI is InChI=1S/C13H9F3N2/c14-9-6-11(16)12(7-10(9)15)18-13(17)8-4-2-1-3-5-8/h1-7H,(H2,17,18). The van der Waals surface area contributed by atoms with Gasteiger partial charge in [0, 0.05) is 17.7 Å². The monoisotopic (exact) mass is 250 g/mol. The molecule has 0 atom stereocenters. The molecule has 0 aliphatic rings. The van der Waals surface area contributed by atoms with Gasteiger partial charge < -0.3 is 5.73 Å². The van der Waals surface area contributed by atoms with E-state index in [2.05, 4.69) is 4.99 Å². The van der Waals surface area contributed by atoms with E-state index in [1.165, 1.54) is 0 Å². The molecule has 0 aromatic heterocycles. The van der Waals surface area contributed by atoms with Crippen molar-refractivity contribution in [3.8, 4) is 0 Å². The third kappa shape index (κ3) is 2.51. The molecule has 2 nitrogen and oxygen atoms in total. The van der Waals surface area contributed by atoms with E-state index in [1.807, 2.05) is 0 Å². The highest BCUT2D eigenvalue weighted by Crippen LogP contribution is 2.21. The lowest BCUT2D eigenvalue weighted by Crippen LogP contribution is -2.12. The Morgan fingerprint density at radius 2 is 1.50 bits per heavy atom. The van der Waals surface area contributed by atoms with Gasteiger partial charge in [-0.3, -0.25) is 0 Å². The molecule has 92 valence electrons. The molecule has 0 spiro atoms. The second-order valence-electron chi connectivity index (χ2n) is 3.58. The van der Waals surface area contributed by atoms with Crippen LogP contribution in [0.2, 0.25) is 0 Å². The Bertz CT molecular complexity index is 595. The first-order valence-corrected chi connectivity index (χ1v) is 5.12. The number of hydrogen-bond acceptors (Lipinski definition) is 1. The van der Waals surface area contributed by atoms with Crippen LogP contribution in [-0.2, 0) is 0 Å². The third-order valence-electron chi connectivity index (χ3n) is 2.30. The van der Waals surface area contributed by atoms with Crippen LogP contribution in [0.3, 0.4) is 0 Å². The SMILES string of the molecule is NC(=Nc1cc(F)c(F)cc1F)c1ccccc1. The minimum absolute atomic E-state index is 0.0282. The number of rotatable bonds is 2. The molecule has 2 N–H and O–H groups in total. The summed E-state index contributed by atoms with van der Waals surface area (Å²) in [4.78, 5) is 3.74. The van der Waals surface area contributed by atoms with Gasteiger partial charge in [0.2, 0.25) is 0 Å². The zero-order chi connectivity index (χ0) is 13.1. The van der Waals surface area contributed by atoms with Crippen LogP contribution < -0.4 is 5.73 Å². The fraction of sp³-hybridized carbons (Fsp3) is 0. The predicted octanol–water partition coefficient (Wildman–Crippen LogP) is 3.14. The molecule has 0 heterocycles. The molecule has 2 rings (SSSR count). The van der Waals surface area contributed by atoms with E-state index in [-0.39, 0.29) is 11.5 Å². The molecule has 2 aromatic rings. The quantitative estimate of drug-likeness (QED) is 0.496. The first-order valence-electron chi connectivity index (χ1n) is 5.12. The zero-order valence-corrected chi connectivity index (χ0v) is 9.20. The molecule has 0 saturated heterocycles. The van der Waals surface area contributed by atoms with Crippen molar-refractivity contribution in [2.24, 2.45) is 10.7 Å². The van der Waals surface area contributed by atoms with Crippen LogP contribution in [0, 0.1) is 17.5 Å². The van der Waals surface area contributed by atoms with Gasteiger partial charge in [0.25, 0.3) is 0 Å². The number of aliphatic imine (C=N–C) groups is 1. The Kier molecular flexibility index (Phi) is 3.32. The fourth-order valence-electron chi connectivity index (χ4n) is 1.40. The second-order valence-corrected chi connectivity index (χ2v) is 3.58. The minimum Gasteiger partial charge on any atom is -0.383 e. The molecule has 5 heteroatoms. The maximum absolute atomic E-state index is 13.3. The van der Waals surface area contributed by atoms with Crippen LogP contribution in [0.25, 0.3) is 0 Å². The maximum Gasteiger partial charge on any atom is 0.161 e. The molecular formula is C13H9F3N2. The van der Waals surface area contributed by atoms with Gasteiger partial charge in [-0.2, -0.15) is 0 Å².